The van der Waals surface area contributed by atoms with Gasteiger partial charge < -0.3 is 25.4 Å². The fraction of sp³-hybridized carbons (Fsp3) is 0.522. The van der Waals surface area contributed by atoms with E-state index in [0.717, 1.165) is 62.4 Å². The van der Waals surface area contributed by atoms with Gasteiger partial charge in [0, 0.05) is 25.7 Å². The largest absolute Gasteiger partial charge is 0.471 e. The third kappa shape index (κ3) is 7.33. The van der Waals surface area contributed by atoms with E-state index in [4.69, 9.17) is 10.5 Å². The number of carbonyl (C=O) groups is 2. The molecular weight excluding hydrogens is 480 g/mol. The molecule has 2 aromatic rings. The Kier molecular flexibility index (Phi) is 9.35. The molecule has 0 saturated carbocycles. The number of primary amides is 1. The van der Waals surface area contributed by atoms with Crippen molar-refractivity contribution in [3.05, 3.63) is 40.5 Å². The highest BCUT2D eigenvalue weighted by molar-refractivity contribution is 7.11. The maximum Gasteiger partial charge on any atom is 0.322 e. The maximum atomic E-state index is 14.1. The molecule has 3 rings (SSSR count). The number of hydrogen-bond acceptors (Lipinski definition) is 7. The van der Waals surface area contributed by atoms with Gasteiger partial charge in [0.2, 0.25) is 5.88 Å². The second-order valence-electron chi connectivity index (χ2n) is 8.69. The molecule has 1 aromatic heterocycles. The van der Waals surface area contributed by atoms with Crippen molar-refractivity contribution in [1.82, 2.24) is 14.2 Å². The summed E-state index contributed by atoms with van der Waals surface area (Å²) in [6, 6.07) is 1.63. The first-order chi connectivity index (χ1) is 16.7. The predicted molar refractivity (Wildman–Crippen MR) is 129 cm³/mol. The minimum atomic E-state index is -0.869. The van der Waals surface area contributed by atoms with E-state index in [1.807, 2.05) is 0 Å². The fourth-order valence-corrected chi connectivity index (χ4v) is 4.56. The quantitative estimate of drug-likeness (QED) is 0.422. The molecule has 0 aliphatic carbocycles. The van der Waals surface area contributed by atoms with Gasteiger partial charge in [-0.05, 0) is 74.9 Å². The third-order valence-corrected chi connectivity index (χ3v) is 6.61. The van der Waals surface area contributed by atoms with E-state index in [9.17, 15) is 23.5 Å². The molecule has 0 radical (unpaired) electrons. The Hall–Kier alpha value is -2.83. The van der Waals surface area contributed by atoms with E-state index in [1.54, 1.807) is 7.05 Å². The molecule has 1 atom stereocenters. The van der Waals surface area contributed by atoms with Crippen LogP contribution in [0.25, 0.3) is 0 Å². The summed E-state index contributed by atoms with van der Waals surface area (Å²) in [4.78, 5) is 28.3. The van der Waals surface area contributed by atoms with Crippen LogP contribution in [0.4, 0.5) is 18.6 Å². The number of nitrogens with two attached hydrogens (primary N) is 1. The van der Waals surface area contributed by atoms with Crippen LogP contribution >= 0.6 is 11.5 Å². The number of ether oxygens (including phenoxy) is 1. The van der Waals surface area contributed by atoms with Crippen LogP contribution in [-0.2, 0) is 6.61 Å². The van der Waals surface area contributed by atoms with E-state index in [1.165, 1.54) is 11.8 Å². The summed E-state index contributed by atoms with van der Waals surface area (Å²) in [5.74, 6) is -2.26. The first-order valence-corrected chi connectivity index (χ1v) is 12.2. The minimum Gasteiger partial charge on any atom is -0.471 e. The number of β-amino-alcohol motifs (C(OH)–C–C–N with tert-alkyl or cyclic N) is 1. The molecule has 12 heteroatoms. The molecule has 0 bridgehead atoms. The Balaban J connectivity index is 1.53. The number of aliphatic hydroxyl groups is 1. The summed E-state index contributed by atoms with van der Waals surface area (Å²) < 4.78 is 37.3. The van der Waals surface area contributed by atoms with Crippen molar-refractivity contribution >= 4 is 28.5 Å². The number of nitrogens with zero attached hydrogens (tertiary/aromatic N) is 3. The number of carbonyl (C=O) groups excluding carboxylic acids is 2. The maximum absolute atomic E-state index is 14.1. The number of likely N-dealkylation sites (tertiary alicyclic amines) is 1. The summed E-state index contributed by atoms with van der Waals surface area (Å²) in [6.07, 6.45) is 3.23. The number of hydrogen-bond donors (Lipinski definition) is 3. The Morgan fingerprint density at radius 3 is 2.83 bits per heavy atom. The predicted octanol–water partition coefficient (Wildman–Crippen LogP) is 3.11. The van der Waals surface area contributed by atoms with Crippen LogP contribution in [0.5, 0.6) is 5.88 Å². The molecule has 2 heterocycles. The van der Waals surface area contributed by atoms with Crippen molar-refractivity contribution in [2.45, 2.75) is 45.3 Å². The third-order valence-electron chi connectivity index (χ3n) is 5.86. The molecule has 1 aliphatic rings. The molecule has 192 valence electrons. The number of piperidine rings is 1. The zero-order valence-corrected chi connectivity index (χ0v) is 20.7. The Morgan fingerprint density at radius 1 is 1.34 bits per heavy atom. The molecule has 35 heavy (non-hydrogen) atoms. The van der Waals surface area contributed by atoms with Gasteiger partial charge in [0.05, 0.1) is 6.10 Å². The molecule has 3 amide bonds. The summed E-state index contributed by atoms with van der Waals surface area (Å²) >= 11 is 0.810. The topological polar surface area (TPSA) is 121 Å². The molecule has 1 aromatic carbocycles. The van der Waals surface area contributed by atoms with Crippen LogP contribution < -0.4 is 15.8 Å². The van der Waals surface area contributed by atoms with E-state index in [-0.39, 0.29) is 40.3 Å². The van der Waals surface area contributed by atoms with Crippen molar-refractivity contribution in [3.63, 3.8) is 0 Å². The van der Waals surface area contributed by atoms with Gasteiger partial charge in [-0.15, -0.1) is 0 Å². The van der Waals surface area contributed by atoms with Gasteiger partial charge in [0.15, 0.2) is 0 Å². The number of aromatic nitrogens is 1. The average molecular weight is 512 g/mol. The highest BCUT2D eigenvalue weighted by Crippen LogP contribution is 2.31. The summed E-state index contributed by atoms with van der Waals surface area (Å²) in [5, 5.41) is 12.5. The number of rotatable bonds is 10. The lowest BCUT2D eigenvalue weighted by Gasteiger charge is -2.30. The summed E-state index contributed by atoms with van der Waals surface area (Å²) in [5.41, 5.74) is 5.45. The van der Waals surface area contributed by atoms with Crippen LogP contribution in [-0.4, -0.2) is 70.5 Å². The lowest BCUT2D eigenvalue weighted by Crippen LogP contribution is -2.39. The van der Waals surface area contributed by atoms with Gasteiger partial charge in [0.1, 0.15) is 28.8 Å². The van der Waals surface area contributed by atoms with Gasteiger partial charge in [-0.25, -0.2) is 13.6 Å². The van der Waals surface area contributed by atoms with Gasteiger partial charge in [-0.1, -0.05) is 0 Å². The second kappa shape index (κ2) is 12.2. The number of urea groups is 1. The number of halogens is 2. The molecular formula is C23H31F2N5O4S. The van der Waals surface area contributed by atoms with Gasteiger partial charge >= 0.3 is 6.03 Å². The Morgan fingerprint density at radius 2 is 2.11 bits per heavy atom. The Bertz CT molecular complexity index is 1050. The molecule has 1 fully saturated rings. The zero-order chi connectivity index (χ0) is 25.5. The first kappa shape index (κ1) is 26.8. The van der Waals surface area contributed by atoms with Crippen molar-refractivity contribution in [3.8, 4) is 5.88 Å². The summed E-state index contributed by atoms with van der Waals surface area (Å²) in [6.45, 7) is 4.10. The Labute approximate surface area is 207 Å². The molecule has 1 saturated heterocycles. The number of nitrogens with one attached hydrogen (secondary N) is 1. The van der Waals surface area contributed by atoms with E-state index >= 15 is 0 Å². The van der Waals surface area contributed by atoms with Gasteiger partial charge in [0.25, 0.3) is 5.91 Å². The zero-order valence-electron chi connectivity index (χ0n) is 19.9. The first-order valence-electron chi connectivity index (χ1n) is 11.4. The second-order valence-corrected chi connectivity index (χ2v) is 9.47. The fourth-order valence-electron chi connectivity index (χ4n) is 3.83. The van der Waals surface area contributed by atoms with Crippen LogP contribution in [0.2, 0.25) is 0 Å². The SMILES string of the molecule is Cc1cc(F)c(COc2nsc(NC(=O)N(C)CCCCN3CCCC(O)C3)c2C(N)=O)cc1F. The van der Waals surface area contributed by atoms with Crippen molar-refractivity contribution in [2.24, 2.45) is 5.73 Å². The van der Waals surface area contributed by atoms with Gasteiger partial charge in [-0.3, -0.25) is 10.1 Å². The molecule has 1 aliphatic heterocycles. The lowest BCUT2D eigenvalue weighted by atomic mass is 10.1. The van der Waals surface area contributed by atoms with Gasteiger partial charge in [-0.2, -0.15) is 4.37 Å². The molecule has 9 nitrogen and oxygen atoms in total. The van der Waals surface area contributed by atoms with E-state index < -0.39 is 23.6 Å². The number of anilines is 1. The number of aliphatic hydroxyl groups excluding tert-OH is 1. The lowest BCUT2D eigenvalue weighted by molar-refractivity contribution is 0.0696. The number of unbranched alkanes of at least 4 members (excludes halogenated alkanes) is 1. The number of aryl methyl sites for hydroxylation is 1. The smallest absolute Gasteiger partial charge is 0.322 e. The van der Waals surface area contributed by atoms with Crippen molar-refractivity contribution in [1.29, 1.82) is 0 Å². The number of benzene rings is 1. The minimum absolute atomic E-state index is 0.0408. The standard InChI is InChI=1S/C23H31F2N5O4S/c1-14-10-18(25)15(11-17(14)24)13-34-21-19(20(26)32)22(35-28-21)27-23(33)29(2)7-3-4-8-30-9-5-6-16(31)12-30/h10-11,16,31H,3-9,12-13H2,1-2H3,(H2,26,32)(H,27,33). The van der Waals surface area contributed by atoms with Crippen LogP contribution in [0.15, 0.2) is 12.1 Å². The van der Waals surface area contributed by atoms with Crippen molar-refractivity contribution < 1.29 is 28.2 Å². The van der Waals surface area contributed by atoms with Crippen LogP contribution in [0, 0.1) is 18.6 Å². The van der Waals surface area contributed by atoms with Crippen LogP contribution in [0.1, 0.15) is 47.2 Å². The summed E-state index contributed by atoms with van der Waals surface area (Å²) in [7, 11) is 1.64. The molecule has 4 N–H and O–H groups in total. The normalized spacial score (nSPS) is 16.2. The molecule has 0 spiro atoms. The van der Waals surface area contributed by atoms with Crippen molar-refractivity contribution in [2.75, 3.05) is 38.5 Å². The average Bonchev–Trinajstić information content (AvgIpc) is 3.20. The number of amides is 3. The highest BCUT2D eigenvalue weighted by Gasteiger charge is 2.24. The van der Waals surface area contributed by atoms with E-state index in [2.05, 4.69) is 14.6 Å². The highest BCUT2D eigenvalue weighted by atomic mass is 32.1. The van der Waals surface area contributed by atoms with Crippen LogP contribution in [0.3, 0.4) is 0 Å². The van der Waals surface area contributed by atoms with E-state index in [0.29, 0.717) is 13.1 Å². The monoisotopic (exact) mass is 511 g/mol. The molecule has 1 unspecified atom stereocenters.